The molecule has 0 spiro atoms. The van der Waals surface area contributed by atoms with Crippen LogP contribution in [0.25, 0.3) is 10.9 Å². The van der Waals surface area contributed by atoms with Crippen LogP contribution in [0.2, 0.25) is 5.02 Å². The number of nitrogens with one attached hydrogen (secondary N) is 1. The summed E-state index contributed by atoms with van der Waals surface area (Å²) >= 11 is 6.03. The van der Waals surface area contributed by atoms with E-state index in [1.807, 2.05) is 12.1 Å². The van der Waals surface area contributed by atoms with Crippen LogP contribution >= 0.6 is 11.6 Å². The third kappa shape index (κ3) is 3.36. The zero-order valence-corrected chi connectivity index (χ0v) is 15.9. The van der Waals surface area contributed by atoms with Gasteiger partial charge in [0, 0.05) is 11.6 Å². The fourth-order valence-corrected chi connectivity index (χ4v) is 3.64. The molecule has 0 amide bonds. The van der Waals surface area contributed by atoms with E-state index < -0.39 is 11.1 Å². The standard InChI is InChI=1S/C21H19ClN2O4/c22-15-6-3-5-14(13-15)21(9-10-21)19(26)28-12-4-11-24-18(25)16-7-1-2-8-17(16)23-20(24)27/h1-3,5-8,13H,4,9-12H2,(H,23,27). The number of hydrogen-bond acceptors (Lipinski definition) is 4. The zero-order valence-electron chi connectivity index (χ0n) is 15.1. The predicted octanol–water partition coefficient (Wildman–Crippen LogP) is 3.01. The van der Waals surface area contributed by atoms with Gasteiger partial charge in [-0.3, -0.25) is 14.2 Å². The molecule has 7 heteroatoms. The molecule has 4 rings (SSSR count). The van der Waals surface area contributed by atoms with Gasteiger partial charge in [-0.15, -0.1) is 0 Å². The number of halogens is 1. The minimum atomic E-state index is -0.609. The maximum Gasteiger partial charge on any atom is 0.328 e. The van der Waals surface area contributed by atoms with Gasteiger partial charge in [0.1, 0.15) is 0 Å². The third-order valence-corrected chi connectivity index (χ3v) is 5.40. The van der Waals surface area contributed by atoms with Crippen LogP contribution in [0.4, 0.5) is 0 Å². The minimum absolute atomic E-state index is 0.139. The number of carbonyl (C=O) groups excluding carboxylic acids is 1. The molecule has 0 saturated heterocycles. The van der Waals surface area contributed by atoms with Crippen molar-refractivity contribution < 1.29 is 9.53 Å². The van der Waals surface area contributed by atoms with Gasteiger partial charge in [-0.2, -0.15) is 0 Å². The van der Waals surface area contributed by atoms with Gasteiger partial charge < -0.3 is 9.72 Å². The van der Waals surface area contributed by atoms with E-state index in [0.29, 0.717) is 22.3 Å². The molecule has 1 saturated carbocycles. The number of nitrogens with zero attached hydrogens (tertiary/aromatic N) is 1. The van der Waals surface area contributed by atoms with E-state index in [2.05, 4.69) is 4.98 Å². The fourth-order valence-electron chi connectivity index (χ4n) is 3.45. The van der Waals surface area contributed by atoms with Crippen LogP contribution in [0.1, 0.15) is 24.8 Å². The molecule has 0 radical (unpaired) electrons. The highest BCUT2D eigenvalue weighted by atomic mass is 35.5. The number of aromatic nitrogens is 2. The van der Waals surface area contributed by atoms with E-state index in [0.717, 1.165) is 23.0 Å². The van der Waals surface area contributed by atoms with Gasteiger partial charge in [0.25, 0.3) is 5.56 Å². The van der Waals surface area contributed by atoms with Crippen LogP contribution in [0.3, 0.4) is 0 Å². The average Bonchev–Trinajstić information content (AvgIpc) is 3.49. The number of ether oxygens (including phenoxy) is 1. The number of aromatic amines is 1. The number of benzene rings is 2. The van der Waals surface area contributed by atoms with E-state index in [-0.39, 0.29) is 24.7 Å². The van der Waals surface area contributed by atoms with Gasteiger partial charge in [0.2, 0.25) is 0 Å². The Morgan fingerprint density at radius 3 is 2.68 bits per heavy atom. The smallest absolute Gasteiger partial charge is 0.328 e. The molecule has 1 N–H and O–H groups in total. The van der Waals surface area contributed by atoms with Crippen molar-refractivity contribution in [3.63, 3.8) is 0 Å². The summed E-state index contributed by atoms with van der Waals surface area (Å²) in [5.74, 6) is -0.283. The minimum Gasteiger partial charge on any atom is -0.465 e. The molecule has 28 heavy (non-hydrogen) atoms. The Labute approximate surface area is 165 Å². The zero-order chi connectivity index (χ0) is 19.7. The summed E-state index contributed by atoms with van der Waals surface area (Å²) in [7, 11) is 0. The fraction of sp³-hybridized carbons (Fsp3) is 0.286. The van der Waals surface area contributed by atoms with Crippen molar-refractivity contribution in [1.82, 2.24) is 9.55 Å². The van der Waals surface area contributed by atoms with Crippen LogP contribution in [-0.2, 0) is 21.5 Å². The molecule has 0 bridgehead atoms. The molecular weight excluding hydrogens is 380 g/mol. The van der Waals surface area contributed by atoms with E-state index in [1.165, 1.54) is 0 Å². The van der Waals surface area contributed by atoms with Crippen LogP contribution in [0.15, 0.2) is 58.1 Å². The Morgan fingerprint density at radius 2 is 1.93 bits per heavy atom. The molecule has 1 heterocycles. The van der Waals surface area contributed by atoms with Gasteiger partial charge in [0.05, 0.1) is 22.9 Å². The molecule has 1 aliphatic rings. The van der Waals surface area contributed by atoms with Crippen LogP contribution in [-0.4, -0.2) is 22.1 Å². The Bertz CT molecular complexity index is 1160. The number of H-pyrrole nitrogens is 1. The molecule has 0 aliphatic heterocycles. The summed E-state index contributed by atoms with van der Waals surface area (Å²) < 4.78 is 6.58. The van der Waals surface area contributed by atoms with E-state index in [1.54, 1.807) is 36.4 Å². The largest absolute Gasteiger partial charge is 0.465 e. The maximum atomic E-state index is 12.6. The van der Waals surface area contributed by atoms with Crippen molar-refractivity contribution in [2.24, 2.45) is 0 Å². The lowest BCUT2D eigenvalue weighted by Crippen LogP contribution is -2.35. The second-order valence-electron chi connectivity index (χ2n) is 7.01. The van der Waals surface area contributed by atoms with Crippen molar-refractivity contribution >= 4 is 28.5 Å². The van der Waals surface area contributed by atoms with Crippen LogP contribution in [0.5, 0.6) is 0 Å². The SMILES string of the molecule is O=C(OCCCn1c(=O)[nH]c2ccccc2c1=O)C1(c2cccc(Cl)c2)CC1. The molecule has 1 fully saturated rings. The lowest BCUT2D eigenvalue weighted by atomic mass is 9.96. The van der Waals surface area contributed by atoms with Crippen LogP contribution in [0, 0.1) is 0 Å². The summed E-state index contributed by atoms with van der Waals surface area (Å²) in [6.07, 6.45) is 1.84. The Kier molecular flexibility index (Phi) is 4.81. The van der Waals surface area contributed by atoms with E-state index in [9.17, 15) is 14.4 Å². The summed E-state index contributed by atoms with van der Waals surface area (Å²) in [5, 5.41) is 1.04. The average molecular weight is 399 g/mol. The summed E-state index contributed by atoms with van der Waals surface area (Å²) in [5.41, 5.74) is -0.0391. The van der Waals surface area contributed by atoms with Gasteiger partial charge in [-0.1, -0.05) is 35.9 Å². The summed E-state index contributed by atoms with van der Waals surface area (Å²) in [6, 6.07) is 14.1. The Morgan fingerprint density at radius 1 is 1.14 bits per heavy atom. The first kappa shape index (κ1) is 18.5. The Hall–Kier alpha value is -2.86. The summed E-state index contributed by atoms with van der Waals surface area (Å²) in [4.78, 5) is 39.9. The van der Waals surface area contributed by atoms with Crippen molar-refractivity contribution in [2.45, 2.75) is 31.2 Å². The number of rotatable bonds is 6. The normalized spacial score (nSPS) is 14.8. The molecule has 3 aromatic rings. The monoisotopic (exact) mass is 398 g/mol. The topological polar surface area (TPSA) is 81.2 Å². The number of fused-ring (bicyclic) bond motifs is 1. The highest BCUT2D eigenvalue weighted by Crippen LogP contribution is 2.49. The van der Waals surface area contributed by atoms with Crippen molar-refractivity contribution in [1.29, 1.82) is 0 Å². The van der Waals surface area contributed by atoms with Crippen molar-refractivity contribution in [2.75, 3.05) is 6.61 Å². The van der Waals surface area contributed by atoms with Gasteiger partial charge in [-0.25, -0.2) is 4.79 Å². The molecule has 0 unspecified atom stereocenters. The number of carbonyl (C=O) groups is 1. The van der Waals surface area contributed by atoms with Crippen LogP contribution < -0.4 is 11.2 Å². The highest BCUT2D eigenvalue weighted by Gasteiger charge is 2.52. The van der Waals surface area contributed by atoms with E-state index >= 15 is 0 Å². The lowest BCUT2D eigenvalue weighted by Gasteiger charge is -2.15. The first-order chi connectivity index (χ1) is 13.5. The molecule has 1 aromatic heterocycles. The maximum absolute atomic E-state index is 12.6. The molecule has 144 valence electrons. The lowest BCUT2D eigenvalue weighted by molar-refractivity contribution is -0.147. The number of para-hydroxylation sites is 1. The molecular formula is C21H19ClN2O4. The quantitative estimate of drug-likeness (QED) is 0.511. The molecule has 0 atom stereocenters. The molecule has 2 aromatic carbocycles. The first-order valence-electron chi connectivity index (χ1n) is 9.16. The van der Waals surface area contributed by atoms with Gasteiger partial charge in [-0.05, 0) is 49.1 Å². The molecule has 6 nitrogen and oxygen atoms in total. The predicted molar refractivity (Wildman–Crippen MR) is 107 cm³/mol. The second-order valence-corrected chi connectivity index (χ2v) is 7.45. The van der Waals surface area contributed by atoms with E-state index in [4.69, 9.17) is 16.3 Å². The highest BCUT2D eigenvalue weighted by molar-refractivity contribution is 6.30. The Balaban J connectivity index is 1.40. The third-order valence-electron chi connectivity index (χ3n) is 5.17. The van der Waals surface area contributed by atoms with Gasteiger partial charge in [0.15, 0.2) is 0 Å². The summed E-state index contributed by atoms with van der Waals surface area (Å²) in [6.45, 7) is 0.316. The van der Waals surface area contributed by atoms with Gasteiger partial charge >= 0.3 is 11.7 Å². The van der Waals surface area contributed by atoms with Crippen molar-refractivity contribution in [3.8, 4) is 0 Å². The first-order valence-corrected chi connectivity index (χ1v) is 9.54. The molecule has 1 aliphatic carbocycles. The number of esters is 1. The second kappa shape index (κ2) is 7.28. The van der Waals surface area contributed by atoms with Crippen molar-refractivity contribution in [3.05, 3.63) is 80.0 Å². The number of hydrogen-bond donors (Lipinski definition) is 1.